The second-order valence-electron chi connectivity index (χ2n) is 7.35. The third-order valence-corrected chi connectivity index (χ3v) is 4.77. The molecule has 0 aromatic carbocycles. The van der Waals surface area contributed by atoms with Crippen LogP contribution in [0.5, 0.6) is 0 Å². The normalized spacial score (nSPS) is 13.8. The van der Waals surface area contributed by atoms with Gasteiger partial charge in [-0.15, -0.1) is 0 Å². The largest absolute Gasteiger partial charge is 0.394 e. The van der Waals surface area contributed by atoms with Crippen molar-refractivity contribution in [3.8, 4) is 0 Å². The Hall–Kier alpha value is -0.870. The molecule has 0 saturated carbocycles. The fraction of sp³-hybridized carbons (Fsp3) is 0.864. The molecule has 4 heteroatoms. The summed E-state index contributed by atoms with van der Waals surface area (Å²) in [6.07, 6.45) is 19.2. The number of carbonyl (C=O) groups is 1. The maximum Gasteiger partial charge on any atom is 0.220 e. The van der Waals surface area contributed by atoms with Gasteiger partial charge in [0.25, 0.3) is 0 Å². The van der Waals surface area contributed by atoms with E-state index in [1.54, 1.807) is 6.08 Å². The van der Waals surface area contributed by atoms with Crippen LogP contribution in [0.25, 0.3) is 0 Å². The second kappa shape index (κ2) is 18.9. The van der Waals surface area contributed by atoms with Crippen LogP contribution >= 0.6 is 0 Å². The van der Waals surface area contributed by atoms with Gasteiger partial charge >= 0.3 is 0 Å². The van der Waals surface area contributed by atoms with Crippen molar-refractivity contribution in [3.05, 3.63) is 12.2 Å². The molecule has 0 heterocycles. The Balaban J connectivity index is 3.67. The minimum Gasteiger partial charge on any atom is -0.394 e. The zero-order chi connectivity index (χ0) is 19.5. The van der Waals surface area contributed by atoms with Crippen LogP contribution in [0.2, 0.25) is 0 Å². The first kappa shape index (κ1) is 25.1. The van der Waals surface area contributed by atoms with E-state index in [0.717, 1.165) is 25.7 Å². The quantitative estimate of drug-likeness (QED) is 0.238. The van der Waals surface area contributed by atoms with Crippen LogP contribution in [0.1, 0.15) is 104 Å². The van der Waals surface area contributed by atoms with Crippen LogP contribution in [0.4, 0.5) is 0 Å². The molecule has 0 aromatic heterocycles. The number of amides is 1. The summed E-state index contributed by atoms with van der Waals surface area (Å²) in [5.41, 5.74) is 0. The van der Waals surface area contributed by atoms with Gasteiger partial charge in [0, 0.05) is 6.42 Å². The highest BCUT2D eigenvalue weighted by Gasteiger charge is 2.17. The van der Waals surface area contributed by atoms with E-state index in [0.29, 0.717) is 6.42 Å². The lowest BCUT2D eigenvalue weighted by atomic mass is 10.1. The van der Waals surface area contributed by atoms with E-state index in [1.165, 1.54) is 57.8 Å². The van der Waals surface area contributed by atoms with Gasteiger partial charge in [-0.3, -0.25) is 4.79 Å². The summed E-state index contributed by atoms with van der Waals surface area (Å²) >= 11 is 0. The minimum atomic E-state index is -0.825. The highest BCUT2D eigenvalue weighted by Crippen LogP contribution is 2.11. The molecular formula is C22H43NO3. The Bertz CT molecular complexity index is 344. The minimum absolute atomic E-state index is 0.104. The van der Waals surface area contributed by atoms with Gasteiger partial charge in [0.05, 0.1) is 18.8 Å². The van der Waals surface area contributed by atoms with Crippen LogP contribution < -0.4 is 5.32 Å². The van der Waals surface area contributed by atoms with E-state index < -0.39 is 12.1 Å². The van der Waals surface area contributed by atoms with Crippen LogP contribution in [0.15, 0.2) is 12.2 Å². The summed E-state index contributed by atoms with van der Waals surface area (Å²) in [6.45, 7) is 4.03. The third kappa shape index (κ3) is 15.4. The number of aliphatic hydroxyl groups is 2. The van der Waals surface area contributed by atoms with Crippen molar-refractivity contribution in [1.29, 1.82) is 0 Å². The first-order chi connectivity index (χ1) is 12.7. The monoisotopic (exact) mass is 369 g/mol. The molecule has 1 amide bonds. The molecule has 26 heavy (non-hydrogen) atoms. The summed E-state index contributed by atoms with van der Waals surface area (Å²) in [7, 11) is 0. The molecule has 0 aliphatic carbocycles. The zero-order valence-electron chi connectivity index (χ0n) is 17.2. The predicted octanol–water partition coefficient (Wildman–Crippen LogP) is 4.88. The van der Waals surface area contributed by atoms with Crippen molar-refractivity contribution < 1.29 is 15.0 Å². The molecule has 0 rings (SSSR count). The predicted molar refractivity (Wildman–Crippen MR) is 110 cm³/mol. The Morgan fingerprint density at radius 1 is 0.885 bits per heavy atom. The zero-order valence-corrected chi connectivity index (χ0v) is 17.2. The Kier molecular flexibility index (Phi) is 18.3. The lowest BCUT2D eigenvalue weighted by Crippen LogP contribution is -2.45. The van der Waals surface area contributed by atoms with Gasteiger partial charge in [-0.2, -0.15) is 0 Å². The lowest BCUT2D eigenvalue weighted by molar-refractivity contribution is -0.122. The van der Waals surface area contributed by atoms with Crippen LogP contribution in [0, 0.1) is 0 Å². The molecule has 2 unspecified atom stereocenters. The smallest absolute Gasteiger partial charge is 0.220 e. The average molecular weight is 370 g/mol. The molecule has 0 aromatic rings. The summed E-state index contributed by atoms with van der Waals surface area (Å²) in [5, 5.41) is 22.1. The molecule has 0 fully saturated rings. The molecule has 0 aliphatic rings. The first-order valence-corrected chi connectivity index (χ1v) is 10.9. The average Bonchev–Trinajstić information content (AvgIpc) is 2.65. The number of hydrogen-bond donors (Lipinski definition) is 3. The van der Waals surface area contributed by atoms with Crippen molar-refractivity contribution in [2.24, 2.45) is 0 Å². The van der Waals surface area contributed by atoms with Crippen molar-refractivity contribution in [1.82, 2.24) is 5.32 Å². The molecule has 0 spiro atoms. The fourth-order valence-corrected chi connectivity index (χ4v) is 2.97. The molecule has 0 bridgehead atoms. The fourth-order valence-electron chi connectivity index (χ4n) is 2.97. The van der Waals surface area contributed by atoms with Crippen molar-refractivity contribution >= 4 is 5.91 Å². The number of allylic oxidation sites excluding steroid dienone is 1. The van der Waals surface area contributed by atoms with Crippen LogP contribution in [-0.2, 0) is 4.79 Å². The maximum absolute atomic E-state index is 11.7. The Morgan fingerprint density at radius 2 is 1.42 bits per heavy atom. The van der Waals surface area contributed by atoms with Crippen LogP contribution in [-0.4, -0.2) is 34.9 Å². The second-order valence-corrected chi connectivity index (χ2v) is 7.35. The van der Waals surface area contributed by atoms with E-state index in [9.17, 15) is 15.0 Å². The van der Waals surface area contributed by atoms with Gasteiger partial charge in [-0.1, -0.05) is 90.2 Å². The number of unbranched alkanes of at least 4 members (excludes halogenated alkanes) is 11. The van der Waals surface area contributed by atoms with Crippen molar-refractivity contribution in [2.75, 3.05) is 6.61 Å². The van der Waals surface area contributed by atoms with Crippen molar-refractivity contribution in [2.45, 2.75) is 116 Å². The maximum atomic E-state index is 11.7. The molecule has 154 valence electrons. The molecular weight excluding hydrogens is 326 g/mol. The standard InChI is InChI=1S/C22H43NO3/c1-3-5-7-8-9-10-11-12-13-14-15-16-17-21(25)20(19-24)23-22(26)18-6-4-2/h16-17,20-21,24-25H,3-15,18-19H2,1-2H3,(H,23,26)/b17-16+. The van der Waals surface area contributed by atoms with E-state index in [-0.39, 0.29) is 12.5 Å². The summed E-state index contributed by atoms with van der Waals surface area (Å²) < 4.78 is 0. The van der Waals surface area contributed by atoms with Crippen molar-refractivity contribution in [3.63, 3.8) is 0 Å². The first-order valence-electron chi connectivity index (χ1n) is 10.9. The summed E-state index contributed by atoms with van der Waals surface area (Å²) in [4.78, 5) is 11.7. The molecule has 0 radical (unpaired) electrons. The topological polar surface area (TPSA) is 69.6 Å². The van der Waals surface area contributed by atoms with Crippen LogP contribution in [0.3, 0.4) is 0 Å². The van der Waals surface area contributed by atoms with Gasteiger partial charge in [-0.05, 0) is 19.3 Å². The lowest BCUT2D eigenvalue weighted by Gasteiger charge is -2.19. The summed E-state index contributed by atoms with van der Waals surface area (Å²) in [5.74, 6) is -0.104. The number of carbonyl (C=O) groups excluding carboxylic acids is 1. The molecule has 3 N–H and O–H groups in total. The van der Waals surface area contributed by atoms with E-state index >= 15 is 0 Å². The number of aliphatic hydroxyl groups excluding tert-OH is 2. The van der Waals surface area contributed by atoms with Gasteiger partial charge in [0.1, 0.15) is 0 Å². The van der Waals surface area contributed by atoms with Gasteiger partial charge in [-0.25, -0.2) is 0 Å². The van der Waals surface area contributed by atoms with E-state index in [1.807, 2.05) is 13.0 Å². The number of rotatable bonds is 18. The van der Waals surface area contributed by atoms with E-state index in [4.69, 9.17) is 0 Å². The van der Waals surface area contributed by atoms with E-state index in [2.05, 4.69) is 12.2 Å². The molecule has 2 atom stereocenters. The van der Waals surface area contributed by atoms with Gasteiger partial charge in [0.15, 0.2) is 0 Å². The number of hydrogen-bond acceptors (Lipinski definition) is 3. The Morgan fingerprint density at radius 3 is 1.96 bits per heavy atom. The Labute approximate surface area is 161 Å². The highest BCUT2D eigenvalue weighted by molar-refractivity contribution is 5.76. The molecule has 4 nitrogen and oxygen atoms in total. The van der Waals surface area contributed by atoms with Gasteiger partial charge < -0.3 is 15.5 Å². The molecule has 0 saturated heterocycles. The molecule has 0 aliphatic heterocycles. The SMILES string of the molecule is CCCCCCCCCCCC/C=C/C(O)C(CO)NC(=O)CCCC. The highest BCUT2D eigenvalue weighted by atomic mass is 16.3. The number of nitrogens with one attached hydrogen (secondary N) is 1. The van der Waals surface area contributed by atoms with Gasteiger partial charge in [0.2, 0.25) is 5.91 Å². The summed E-state index contributed by atoms with van der Waals surface area (Å²) in [6, 6.07) is -0.608. The third-order valence-electron chi connectivity index (χ3n) is 4.77.